The van der Waals surface area contributed by atoms with E-state index in [-0.39, 0.29) is 12.1 Å². The van der Waals surface area contributed by atoms with Crippen LogP contribution >= 0.6 is 12.2 Å². The fourth-order valence-corrected chi connectivity index (χ4v) is 4.11. The van der Waals surface area contributed by atoms with Crippen LogP contribution in [0.15, 0.2) is 67.0 Å². The molecule has 0 aliphatic carbocycles. The van der Waals surface area contributed by atoms with Gasteiger partial charge in [-0.1, -0.05) is 18.2 Å². The predicted molar refractivity (Wildman–Crippen MR) is 114 cm³/mol. The highest BCUT2D eigenvalue weighted by molar-refractivity contribution is 7.80. The standard InChI is InChI=1S/C22H24N4OS/c1-3-25-14-6-8-19(25)21-20(18-7-4-5-13-23-18)24-22(28)26(21)15-16-9-11-17(27-2)12-10-16/h4-14,20-21H,3,15H2,1-2H3,(H,24,28). The van der Waals surface area contributed by atoms with Gasteiger partial charge in [0.05, 0.1) is 24.9 Å². The second-order valence-corrected chi connectivity index (χ2v) is 7.21. The second-order valence-electron chi connectivity index (χ2n) is 6.82. The zero-order valence-electron chi connectivity index (χ0n) is 16.1. The normalized spacial score (nSPS) is 18.9. The summed E-state index contributed by atoms with van der Waals surface area (Å²) in [5.41, 5.74) is 3.42. The van der Waals surface area contributed by atoms with Gasteiger partial charge in [-0.15, -0.1) is 0 Å². The molecule has 2 aromatic heterocycles. The van der Waals surface area contributed by atoms with Crippen LogP contribution < -0.4 is 10.1 Å². The number of pyridine rings is 1. The predicted octanol–water partition coefficient (Wildman–Crippen LogP) is 4.08. The number of nitrogens with one attached hydrogen (secondary N) is 1. The minimum Gasteiger partial charge on any atom is -0.497 e. The maximum atomic E-state index is 5.75. The molecule has 3 aromatic rings. The molecule has 1 saturated heterocycles. The monoisotopic (exact) mass is 392 g/mol. The zero-order valence-corrected chi connectivity index (χ0v) is 16.9. The molecule has 1 aliphatic rings. The smallest absolute Gasteiger partial charge is 0.170 e. The Bertz CT molecular complexity index is 939. The van der Waals surface area contributed by atoms with E-state index >= 15 is 0 Å². The van der Waals surface area contributed by atoms with Gasteiger partial charge in [0.15, 0.2) is 5.11 Å². The van der Waals surface area contributed by atoms with E-state index in [1.807, 2.05) is 30.5 Å². The van der Waals surface area contributed by atoms with Crippen molar-refractivity contribution < 1.29 is 4.74 Å². The van der Waals surface area contributed by atoms with Crippen LogP contribution in [0.2, 0.25) is 0 Å². The molecule has 4 rings (SSSR count). The molecule has 6 heteroatoms. The third kappa shape index (κ3) is 3.47. The van der Waals surface area contributed by atoms with Gasteiger partial charge in [0, 0.05) is 31.2 Å². The molecule has 1 N–H and O–H groups in total. The van der Waals surface area contributed by atoms with Crippen molar-refractivity contribution in [3.63, 3.8) is 0 Å². The van der Waals surface area contributed by atoms with E-state index in [1.54, 1.807) is 7.11 Å². The van der Waals surface area contributed by atoms with Crippen LogP contribution in [0.5, 0.6) is 5.75 Å². The molecule has 0 bridgehead atoms. The Morgan fingerprint density at radius 1 is 1.11 bits per heavy atom. The number of benzene rings is 1. The van der Waals surface area contributed by atoms with Crippen molar-refractivity contribution in [3.05, 3.63) is 83.9 Å². The summed E-state index contributed by atoms with van der Waals surface area (Å²) in [7, 11) is 1.68. The van der Waals surface area contributed by atoms with Gasteiger partial charge in [0.1, 0.15) is 5.75 Å². The molecule has 2 atom stereocenters. The van der Waals surface area contributed by atoms with E-state index in [9.17, 15) is 0 Å². The molecule has 0 amide bonds. The molecule has 1 fully saturated rings. The summed E-state index contributed by atoms with van der Waals surface area (Å²) >= 11 is 5.75. The van der Waals surface area contributed by atoms with Crippen LogP contribution in [-0.4, -0.2) is 26.7 Å². The van der Waals surface area contributed by atoms with Crippen LogP contribution in [0, 0.1) is 0 Å². The van der Waals surface area contributed by atoms with Crippen LogP contribution in [0.25, 0.3) is 0 Å². The first-order valence-electron chi connectivity index (χ1n) is 9.47. The number of ether oxygens (including phenoxy) is 1. The summed E-state index contributed by atoms with van der Waals surface area (Å²) in [5.74, 6) is 0.855. The Balaban J connectivity index is 1.71. The van der Waals surface area contributed by atoms with E-state index in [1.165, 1.54) is 11.3 Å². The summed E-state index contributed by atoms with van der Waals surface area (Å²) in [6.07, 6.45) is 3.96. The van der Waals surface area contributed by atoms with Crippen molar-refractivity contribution in [1.29, 1.82) is 0 Å². The number of thiocarbonyl (C=S) groups is 1. The molecule has 3 heterocycles. The summed E-state index contributed by atoms with van der Waals surface area (Å²) in [4.78, 5) is 6.86. The first-order valence-corrected chi connectivity index (χ1v) is 9.88. The van der Waals surface area contributed by atoms with Crippen LogP contribution in [0.3, 0.4) is 0 Å². The lowest BCUT2D eigenvalue weighted by atomic mass is 10.0. The molecule has 5 nitrogen and oxygen atoms in total. The van der Waals surface area contributed by atoms with Crippen molar-refractivity contribution in [2.45, 2.75) is 32.1 Å². The van der Waals surface area contributed by atoms with Gasteiger partial charge < -0.3 is 19.5 Å². The first-order chi connectivity index (χ1) is 13.7. The lowest BCUT2D eigenvalue weighted by Crippen LogP contribution is -2.30. The lowest BCUT2D eigenvalue weighted by molar-refractivity contribution is 0.297. The van der Waals surface area contributed by atoms with Gasteiger partial charge in [0.2, 0.25) is 0 Å². The fourth-order valence-electron chi connectivity index (χ4n) is 3.81. The molecule has 0 radical (unpaired) electrons. The quantitative estimate of drug-likeness (QED) is 0.640. The topological polar surface area (TPSA) is 42.3 Å². The Kier molecular flexibility index (Phi) is 5.30. The van der Waals surface area contributed by atoms with E-state index in [4.69, 9.17) is 17.0 Å². The van der Waals surface area contributed by atoms with Crippen LogP contribution in [0.1, 0.15) is 36.0 Å². The van der Waals surface area contributed by atoms with Gasteiger partial charge in [0.25, 0.3) is 0 Å². The zero-order chi connectivity index (χ0) is 19.5. The molecule has 28 heavy (non-hydrogen) atoms. The molecule has 1 aromatic carbocycles. The lowest BCUT2D eigenvalue weighted by Gasteiger charge is -2.29. The number of methoxy groups -OCH3 is 1. The molecule has 0 spiro atoms. The average Bonchev–Trinajstić information content (AvgIpc) is 3.33. The van der Waals surface area contributed by atoms with E-state index in [0.717, 1.165) is 29.6 Å². The number of hydrogen-bond donors (Lipinski definition) is 1. The third-order valence-corrected chi connectivity index (χ3v) is 5.57. The fraction of sp³-hybridized carbons (Fsp3) is 0.273. The van der Waals surface area contributed by atoms with Crippen molar-refractivity contribution in [1.82, 2.24) is 19.8 Å². The SMILES string of the molecule is CCn1cccc1C1C(c2ccccn2)NC(=S)N1Cc1ccc(OC)cc1. The van der Waals surface area contributed by atoms with Crippen molar-refractivity contribution >= 4 is 17.3 Å². The highest BCUT2D eigenvalue weighted by Gasteiger charge is 2.40. The van der Waals surface area contributed by atoms with E-state index in [0.29, 0.717) is 0 Å². The summed E-state index contributed by atoms with van der Waals surface area (Å²) in [6, 6.07) is 18.5. The third-order valence-electron chi connectivity index (χ3n) is 5.22. The number of hydrogen-bond acceptors (Lipinski definition) is 3. The average molecular weight is 393 g/mol. The Labute approximate surface area is 171 Å². The molecule has 2 unspecified atom stereocenters. The summed E-state index contributed by atoms with van der Waals surface area (Å²) in [6.45, 7) is 3.80. The number of aryl methyl sites for hydroxylation is 1. The second kappa shape index (κ2) is 8.02. The van der Waals surface area contributed by atoms with Gasteiger partial charge in [-0.3, -0.25) is 4.98 Å². The minimum absolute atomic E-state index is 0.00662. The largest absolute Gasteiger partial charge is 0.497 e. The van der Waals surface area contributed by atoms with Crippen LogP contribution in [-0.2, 0) is 13.1 Å². The molecular formula is C22H24N4OS. The van der Waals surface area contributed by atoms with Crippen LogP contribution in [0.4, 0.5) is 0 Å². The Hall–Kier alpha value is -2.86. The molecule has 144 valence electrons. The van der Waals surface area contributed by atoms with E-state index in [2.05, 4.69) is 63.2 Å². The van der Waals surface area contributed by atoms with Gasteiger partial charge >= 0.3 is 0 Å². The number of nitrogens with zero attached hydrogens (tertiary/aromatic N) is 3. The summed E-state index contributed by atoms with van der Waals surface area (Å²) < 4.78 is 7.56. The first kappa shape index (κ1) is 18.5. The van der Waals surface area contributed by atoms with Crippen molar-refractivity contribution in [2.24, 2.45) is 0 Å². The van der Waals surface area contributed by atoms with Gasteiger partial charge in [-0.2, -0.15) is 0 Å². The Morgan fingerprint density at radius 2 is 1.93 bits per heavy atom. The highest BCUT2D eigenvalue weighted by atomic mass is 32.1. The molecule has 0 saturated carbocycles. The molecule has 1 aliphatic heterocycles. The highest BCUT2D eigenvalue weighted by Crippen LogP contribution is 2.39. The molecular weight excluding hydrogens is 368 g/mol. The van der Waals surface area contributed by atoms with Gasteiger partial charge in [-0.25, -0.2) is 0 Å². The Morgan fingerprint density at radius 3 is 2.61 bits per heavy atom. The van der Waals surface area contributed by atoms with Gasteiger partial charge in [-0.05, 0) is 61.1 Å². The number of rotatable bonds is 6. The maximum Gasteiger partial charge on any atom is 0.170 e. The maximum absolute atomic E-state index is 5.75. The summed E-state index contributed by atoms with van der Waals surface area (Å²) in [5, 5.41) is 4.26. The number of aromatic nitrogens is 2. The van der Waals surface area contributed by atoms with Crippen molar-refractivity contribution in [3.8, 4) is 5.75 Å². The van der Waals surface area contributed by atoms with Crippen molar-refractivity contribution in [2.75, 3.05) is 7.11 Å². The minimum atomic E-state index is 0.00662. The van der Waals surface area contributed by atoms with E-state index < -0.39 is 0 Å².